The molecule has 0 spiro atoms. The summed E-state index contributed by atoms with van der Waals surface area (Å²) in [7, 11) is 0. The molecule has 100 valence electrons. The van der Waals surface area contributed by atoms with Crippen molar-refractivity contribution in [2.75, 3.05) is 11.9 Å². The highest BCUT2D eigenvalue weighted by molar-refractivity contribution is 6.05. The molecule has 0 saturated heterocycles. The summed E-state index contributed by atoms with van der Waals surface area (Å²) in [6.07, 6.45) is 1.52. The Morgan fingerprint density at radius 1 is 1.26 bits per heavy atom. The number of para-hydroxylation sites is 1. The number of nitrogens with one attached hydrogen (secondary N) is 2. The molecule has 4 heteroatoms. The molecule has 2 aromatic rings. The molecule has 1 aromatic carbocycles. The van der Waals surface area contributed by atoms with Gasteiger partial charge in [0.15, 0.2) is 0 Å². The zero-order chi connectivity index (χ0) is 13.7. The van der Waals surface area contributed by atoms with Crippen molar-refractivity contribution in [3.8, 4) is 0 Å². The second-order valence-corrected chi connectivity index (χ2v) is 4.28. The van der Waals surface area contributed by atoms with Gasteiger partial charge in [0.25, 0.3) is 5.91 Å². The third-order valence-corrected chi connectivity index (χ3v) is 2.93. The first-order valence-corrected chi connectivity index (χ1v) is 6.36. The van der Waals surface area contributed by atoms with Crippen LogP contribution in [0.2, 0.25) is 0 Å². The standard InChI is InChI=1S/C15H18N2O2/c1-3-16-10-12-6-4-5-7-14(12)17-15(18)13-8-9-19-11(13)2/h4-9,16H,3,10H2,1-2H3,(H,17,18). The van der Waals surface area contributed by atoms with Crippen LogP contribution < -0.4 is 10.6 Å². The van der Waals surface area contributed by atoms with Gasteiger partial charge in [-0.15, -0.1) is 0 Å². The monoisotopic (exact) mass is 258 g/mol. The lowest BCUT2D eigenvalue weighted by molar-refractivity contribution is 0.102. The molecule has 19 heavy (non-hydrogen) atoms. The number of anilines is 1. The number of benzene rings is 1. The molecule has 0 atom stereocenters. The summed E-state index contributed by atoms with van der Waals surface area (Å²) < 4.78 is 5.15. The molecule has 0 radical (unpaired) electrons. The van der Waals surface area contributed by atoms with Crippen LogP contribution in [0.4, 0.5) is 5.69 Å². The minimum Gasteiger partial charge on any atom is -0.469 e. The molecule has 1 amide bonds. The number of amides is 1. The zero-order valence-corrected chi connectivity index (χ0v) is 11.2. The van der Waals surface area contributed by atoms with Crippen LogP contribution in [0.3, 0.4) is 0 Å². The van der Waals surface area contributed by atoms with Gasteiger partial charge in [-0.1, -0.05) is 25.1 Å². The fourth-order valence-corrected chi connectivity index (χ4v) is 1.87. The van der Waals surface area contributed by atoms with Gasteiger partial charge in [0.05, 0.1) is 11.8 Å². The van der Waals surface area contributed by atoms with Gasteiger partial charge in [0.2, 0.25) is 0 Å². The van der Waals surface area contributed by atoms with Crippen LogP contribution in [-0.4, -0.2) is 12.5 Å². The zero-order valence-electron chi connectivity index (χ0n) is 11.2. The molecule has 2 rings (SSSR count). The van der Waals surface area contributed by atoms with E-state index in [1.54, 1.807) is 13.0 Å². The van der Waals surface area contributed by atoms with Gasteiger partial charge in [0, 0.05) is 12.2 Å². The molecular weight excluding hydrogens is 240 g/mol. The lowest BCUT2D eigenvalue weighted by Gasteiger charge is -2.11. The molecule has 0 unspecified atom stereocenters. The van der Waals surface area contributed by atoms with Crippen LogP contribution in [0, 0.1) is 6.92 Å². The number of carbonyl (C=O) groups is 1. The summed E-state index contributed by atoms with van der Waals surface area (Å²) in [5.74, 6) is 0.483. The molecule has 0 aliphatic heterocycles. The first-order valence-electron chi connectivity index (χ1n) is 6.36. The van der Waals surface area contributed by atoms with Gasteiger partial charge in [-0.25, -0.2) is 0 Å². The van der Waals surface area contributed by atoms with Crippen molar-refractivity contribution in [3.05, 3.63) is 53.5 Å². The average Bonchev–Trinajstić information content (AvgIpc) is 2.84. The Kier molecular flexibility index (Phi) is 4.36. The van der Waals surface area contributed by atoms with Crippen LogP contribution in [0.5, 0.6) is 0 Å². The number of rotatable bonds is 5. The minimum atomic E-state index is -0.143. The van der Waals surface area contributed by atoms with Crippen molar-refractivity contribution in [3.63, 3.8) is 0 Å². The molecule has 0 saturated carbocycles. The largest absolute Gasteiger partial charge is 0.469 e. The van der Waals surface area contributed by atoms with E-state index in [0.29, 0.717) is 11.3 Å². The molecular formula is C15H18N2O2. The highest BCUT2D eigenvalue weighted by Crippen LogP contribution is 2.17. The first kappa shape index (κ1) is 13.4. The highest BCUT2D eigenvalue weighted by Gasteiger charge is 2.12. The third-order valence-electron chi connectivity index (χ3n) is 2.93. The topological polar surface area (TPSA) is 54.3 Å². The summed E-state index contributed by atoms with van der Waals surface area (Å²) in [4.78, 5) is 12.1. The fourth-order valence-electron chi connectivity index (χ4n) is 1.87. The molecule has 1 heterocycles. The molecule has 1 aromatic heterocycles. The number of hydrogen-bond donors (Lipinski definition) is 2. The Hall–Kier alpha value is -2.07. The van der Waals surface area contributed by atoms with Gasteiger partial charge >= 0.3 is 0 Å². The lowest BCUT2D eigenvalue weighted by Crippen LogP contribution is -2.17. The van der Waals surface area contributed by atoms with Gasteiger partial charge < -0.3 is 15.1 Å². The van der Waals surface area contributed by atoms with E-state index in [1.807, 2.05) is 24.3 Å². The second kappa shape index (κ2) is 6.20. The lowest BCUT2D eigenvalue weighted by atomic mass is 10.1. The maximum atomic E-state index is 12.1. The van der Waals surface area contributed by atoms with Crippen LogP contribution in [-0.2, 0) is 6.54 Å². The summed E-state index contributed by atoms with van der Waals surface area (Å²) in [6.45, 7) is 5.45. The van der Waals surface area contributed by atoms with Gasteiger partial charge in [0.1, 0.15) is 5.76 Å². The summed E-state index contributed by atoms with van der Waals surface area (Å²) in [6, 6.07) is 9.46. The fraction of sp³-hybridized carbons (Fsp3) is 0.267. The maximum Gasteiger partial charge on any atom is 0.259 e. The molecule has 0 aliphatic carbocycles. The SMILES string of the molecule is CCNCc1ccccc1NC(=O)c1ccoc1C. The van der Waals surface area contributed by atoms with Crippen LogP contribution in [0.15, 0.2) is 41.0 Å². The average molecular weight is 258 g/mol. The summed E-state index contributed by atoms with van der Waals surface area (Å²) in [5, 5.41) is 6.18. The van der Waals surface area contributed by atoms with Crippen molar-refractivity contribution >= 4 is 11.6 Å². The Morgan fingerprint density at radius 3 is 2.74 bits per heavy atom. The van der Waals surface area contributed by atoms with Crippen molar-refractivity contribution in [1.82, 2.24) is 5.32 Å². The maximum absolute atomic E-state index is 12.1. The third kappa shape index (κ3) is 3.23. The van der Waals surface area contributed by atoms with Gasteiger partial charge in [-0.2, -0.15) is 0 Å². The Bertz CT molecular complexity index is 561. The smallest absolute Gasteiger partial charge is 0.259 e. The number of aryl methyl sites for hydroxylation is 1. The normalized spacial score (nSPS) is 10.4. The number of carbonyl (C=O) groups excluding carboxylic acids is 1. The Balaban J connectivity index is 2.15. The van der Waals surface area contributed by atoms with E-state index >= 15 is 0 Å². The minimum absolute atomic E-state index is 0.143. The Morgan fingerprint density at radius 2 is 2.05 bits per heavy atom. The Labute approximate surface area is 112 Å². The molecule has 0 fully saturated rings. The quantitative estimate of drug-likeness (QED) is 0.867. The van der Waals surface area contributed by atoms with Crippen molar-refractivity contribution in [1.29, 1.82) is 0 Å². The van der Waals surface area contributed by atoms with Crippen molar-refractivity contribution < 1.29 is 9.21 Å². The van der Waals surface area contributed by atoms with Crippen molar-refractivity contribution in [2.24, 2.45) is 0 Å². The van der Waals surface area contributed by atoms with Crippen LogP contribution in [0.25, 0.3) is 0 Å². The van der Waals surface area contributed by atoms with E-state index in [9.17, 15) is 4.79 Å². The van der Waals surface area contributed by atoms with E-state index in [0.717, 1.165) is 24.3 Å². The summed E-state index contributed by atoms with van der Waals surface area (Å²) >= 11 is 0. The first-order chi connectivity index (χ1) is 9.22. The number of hydrogen-bond acceptors (Lipinski definition) is 3. The predicted octanol–water partition coefficient (Wildman–Crippen LogP) is 2.95. The van der Waals surface area contributed by atoms with E-state index in [4.69, 9.17) is 4.42 Å². The van der Waals surface area contributed by atoms with E-state index in [1.165, 1.54) is 6.26 Å². The predicted molar refractivity (Wildman–Crippen MR) is 75.2 cm³/mol. The van der Waals surface area contributed by atoms with Crippen molar-refractivity contribution in [2.45, 2.75) is 20.4 Å². The van der Waals surface area contributed by atoms with Gasteiger partial charge in [-0.3, -0.25) is 4.79 Å². The molecule has 4 nitrogen and oxygen atoms in total. The number of furan rings is 1. The van der Waals surface area contributed by atoms with E-state index in [2.05, 4.69) is 17.6 Å². The second-order valence-electron chi connectivity index (χ2n) is 4.28. The molecule has 0 bridgehead atoms. The summed E-state index contributed by atoms with van der Waals surface area (Å²) in [5.41, 5.74) is 2.46. The van der Waals surface area contributed by atoms with E-state index < -0.39 is 0 Å². The van der Waals surface area contributed by atoms with Crippen LogP contribution >= 0.6 is 0 Å². The van der Waals surface area contributed by atoms with Gasteiger partial charge in [-0.05, 0) is 31.2 Å². The van der Waals surface area contributed by atoms with E-state index in [-0.39, 0.29) is 5.91 Å². The molecule has 2 N–H and O–H groups in total. The molecule has 0 aliphatic rings. The van der Waals surface area contributed by atoms with Crippen LogP contribution in [0.1, 0.15) is 28.6 Å². The highest BCUT2D eigenvalue weighted by atomic mass is 16.3.